The summed E-state index contributed by atoms with van der Waals surface area (Å²) < 4.78 is 15.3. The van der Waals surface area contributed by atoms with Crippen LogP contribution >= 0.6 is 0 Å². The van der Waals surface area contributed by atoms with Crippen LogP contribution in [0.15, 0.2) is 48.9 Å². The molecule has 1 aromatic carbocycles. The number of aromatic nitrogens is 2. The Morgan fingerprint density at radius 2 is 1.63 bits per heavy atom. The van der Waals surface area contributed by atoms with Crippen molar-refractivity contribution in [1.29, 1.82) is 0 Å². The van der Waals surface area contributed by atoms with Crippen LogP contribution in [0.25, 0.3) is 5.52 Å². The van der Waals surface area contributed by atoms with Gasteiger partial charge in [-0.05, 0) is 85.6 Å². The number of rotatable bonds is 4. The van der Waals surface area contributed by atoms with E-state index in [1.807, 2.05) is 24.7 Å². The molecule has 140 valence electrons. The zero-order valence-corrected chi connectivity index (χ0v) is 15.4. The predicted octanol–water partition coefficient (Wildman–Crippen LogP) is 5.36. The van der Waals surface area contributed by atoms with E-state index in [9.17, 15) is 9.50 Å². The van der Waals surface area contributed by atoms with Crippen molar-refractivity contribution in [2.24, 2.45) is 5.92 Å². The SMILES string of the molecule is O[C@H](c1c(C2CC2)ccc2cncn12)C1CCC(c2ccc(F)cc2)CC1. The fraction of sp³-hybridized carbons (Fsp3) is 0.435. The van der Waals surface area contributed by atoms with Gasteiger partial charge in [0.1, 0.15) is 5.82 Å². The summed E-state index contributed by atoms with van der Waals surface area (Å²) in [7, 11) is 0. The Hall–Kier alpha value is -2.20. The minimum Gasteiger partial charge on any atom is -0.387 e. The number of pyridine rings is 1. The first-order valence-electron chi connectivity index (χ1n) is 10.1. The molecule has 2 saturated carbocycles. The van der Waals surface area contributed by atoms with Crippen molar-refractivity contribution in [3.8, 4) is 0 Å². The molecule has 2 aliphatic rings. The minimum absolute atomic E-state index is 0.177. The topological polar surface area (TPSA) is 37.5 Å². The van der Waals surface area contributed by atoms with Crippen molar-refractivity contribution >= 4 is 5.52 Å². The number of fused-ring (bicyclic) bond motifs is 1. The van der Waals surface area contributed by atoms with E-state index < -0.39 is 6.10 Å². The number of aliphatic hydroxyl groups excluding tert-OH is 1. The van der Waals surface area contributed by atoms with Gasteiger partial charge in [0.25, 0.3) is 0 Å². The molecule has 0 bridgehead atoms. The summed E-state index contributed by atoms with van der Waals surface area (Å²) in [4.78, 5) is 4.29. The van der Waals surface area contributed by atoms with Gasteiger partial charge >= 0.3 is 0 Å². The lowest BCUT2D eigenvalue weighted by Crippen LogP contribution is -2.22. The molecular weight excluding hydrogens is 339 g/mol. The largest absolute Gasteiger partial charge is 0.387 e. The van der Waals surface area contributed by atoms with E-state index in [4.69, 9.17) is 0 Å². The summed E-state index contributed by atoms with van der Waals surface area (Å²) in [5.74, 6) is 1.16. The van der Waals surface area contributed by atoms with Crippen LogP contribution in [0.5, 0.6) is 0 Å². The number of aliphatic hydroxyl groups is 1. The molecule has 0 saturated heterocycles. The van der Waals surface area contributed by atoms with Gasteiger partial charge in [-0.1, -0.05) is 18.2 Å². The van der Waals surface area contributed by atoms with Crippen molar-refractivity contribution < 1.29 is 9.50 Å². The summed E-state index contributed by atoms with van der Waals surface area (Å²) in [6.45, 7) is 0. The molecule has 2 fully saturated rings. The number of hydrogen-bond donors (Lipinski definition) is 1. The molecule has 0 radical (unpaired) electrons. The third-order valence-electron chi connectivity index (χ3n) is 6.51. The van der Waals surface area contributed by atoms with Crippen molar-refractivity contribution in [2.75, 3.05) is 0 Å². The normalized spacial score (nSPS) is 24.2. The molecule has 27 heavy (non-hydrogen) atoms. The zero-order chi connectivity index (χ0) is 18.4. The quantitative estimate of drug-likeness (QED) is 0.677. The lowest BCUT2D eigenvalue weighted by atomic mass is 9.75. The smallest absolute Gasteiger partial charge is 0.123 e. The second kappa shape index (κ2) is 6.75. The van der Waals surface area contributed by atoms with Crippen molar-refractivity contribution in [3.63, 3.8) is 0 Å². The van der Waals surface area contributed by atoms with E-state index in [1.165, 1.54) is 24.0 Å². The van der Waals surface area contributed by atoms with Crippen molar-refractivity contribution in [3.05, 3.63) is 71.6 Å². The number of halogens is 1. The Balaban J connectivity index is 1.37. The summed E-state index contributed by atoms with van der Waals surface area (Å²) in [6.07, 6.45) is 9.78. The van der Waals surface area contributed by atoms with Crippen LogP contribution in [-0.4, -0.2) is 14.5 Å². The van der Waals surface area contributed by atoms with Gasteiger partial charge in [0, 0.05) is 0 Å². The van der Waals surface area contributed by atoms with Crippen LogP contribution in [-0.2, 0) is 0 Å². The molecule has 1 N–H and O–H groups in total. The molecule has 0 spiro atoms. The third kappa shape index (κ3) is 3.16. The first kappa shape index (κ1) is 16.9. The highest BCUT2D eigenvalue weighted by Gasteiger charge is 2.34. The highest BCUT2D eigenvalue weighted by atomic mass is 19.1. The van der Waals surface area contributed by atoms with E-state index >= 15 is 0 Å². The summed E-state index contributed by atoms with van der Waals surface area (Å²) in [6, 6.07) is 11.2. The standard InChI is InChI=1S/C23H25FN2O/c24-19-9-7-16(8-10-19)15-1-5-18(6-2-15)23(27)22-21(17-3-4-17)12-11-20-13-25-14-26(20)22/h7-15,17-18,23,27H,1-6H2/t15?,18?,23-/m0/s1. The number of hydrogen-bond acceptors (Lipinski definition) is 2. The van der Waals surface area contributed by atoms with E-state index in [1.54, 1.807) is 12.1 Å². The minimum atomic E-state index is -0.451. The van der Waals surface area contributed by atoms with E-state index in [-0.39, 0.29) is 11.7 Å². The molecule has 0 amide bonds. The van der Waals surface area contributed by atoms with Crippen molar-refractivity contribution in [2.45, 2.75) is 56.5 Å². The highest BCUT2D eigenvalue weighted by Crippen LogP contribution is 2.47. The average Bonchev–Trinajstić information content (AvgIpc) is 3.44. The van der Waals surface area contributed by atoms with E-state index in [0.717, 1.165) is 36.9 Å². The molecule has 2 aromatic heterocycles. The Bertz CT molecular complexity index is 937. The lowest BCUT2D eigenvalue weighted by molar-refractivity contribution is 0.0754. The van der Waals surface area contributed by atoms with Crippen molar-refractivity contribution in [1.82, 2.24) is 9.38 Å². The molecule has 2 heterocycles. The first-order valence-corrected chi connectivity index (χ1v) is 10.1. The average molecular weight is 364 g/mol. The molecule has 3 nitrogen and oxygen atoms in total. The van der Waals surface area contributed by atoms with Crippen LogP contribution in [0.3, 0.4) is 0 Å². The molecule has 0 unspecified atom stereocenters. The molecule has 1 atom stereocenters. The molecule has 0 aliphatic heterocycles. The maximum Gasteiger partial charge on any atom is 0.123 e. The van der Waals surface area contributed by atoms with Gasteiger partial charge in [-0.2, -0.15) is 0 Å². The van der Waals surface area contributed by atoms with Gasteiger partial charge in [-0.3, -0.25) is 0 Å². The molecule has 4 heteroatoms. The van der Waals surface area contributed by atoms with Crippen LogP contribution in [0, 0.1) is 11.7 Å². The lowest BCUT2D eigenvalue weighted by Gasteiger charge is -2.33. The van der Waals surface area contributed by atoms with Crippen LogP contribution in [0.4, 0.5) is 4.39 Å². The summed E-state index contributed by atoms with van der Waals surface area (Å²) in [5.41, 5.74) is 4.62. The van der Waals surface area contributed by atoms with Gasteiger partial charge in [-0.25, -0.2) is 9.37 Å². The second-order valence-electron chi connectivity index (χ2n) is 8.24. The van der Waals surface area contributed by atoms with E-state index in [2.05, 4.69) is 21.5 Å². The molecule has 3 aromatic rings. The van der Waals surface area contributed by atoms with Crippen LogP contribution in [0.2, 0.25) is 0 Å². The maximum absolute atomic E-state index is 13.2. The fourth-order valence-corrected chi connectivity index (χ4v) is 4.81. The summed E-state index contributed by atoms with van der Waals surface area (Å²) in [5, 5.41) is 11.3. The van der Waals surface area contributed by atoms with Gasteiger partial charge in [0.2, 0.25) is 0 Å². The van der Waals surface area contributed by atoms with Gasteiger partial charge < -0.3 is 9.51 Å². The zero-order valence-electron chi connectivity index (χ0n) is 15.4. The summed E-state index contributed by atoms with van der Waals surface area (Å²) >= 11 is 0. The van der Waals surface area contributed by atoms with Gasteiger partial charge in [0.05, 0.1) is 29.8 Å². The van der Waals surface area contributed by atoms with E-state index in [0.29, 0.717) is 11.8 Å². The van der Waals surface area contributed by atoms with Crippen LogP contribution in [0.1, 0.15) is 73.3 Å². The Labute approximate surface area is 158 Å². The molecule has 2 aliphatic carbocycles. The Morgan fingerprint density at radius 3 is 2.33 bits per heavy atom. The third-order valence-corrected chi connectivity index (χ3v) is 6.51. The van der Waals surface area contributed by atoms with Gasteiger partial charge in [-0.15, -0.1) is 0 Å². The monoisotopic (exact) mass is 364 g/mol. The number of benzene rings is 1. The maximum atomic E-state index is 13.2. The van der Waals surface area contributed by atoms with Crippen LogP contribution < -0.4 is 0 Å². The molecule has 5 rings (SSSR count). The van der Waals surface area contributed by atoms with Gasteiger partial charge in [0.15, 0.2) is 0 Å². The number of imidazole rings is 1. The Kier molecular flexibility index (Phi) is 4.24. The number of nitrogens with zero attached hydrogens (tertiary/aromatic N) is 2. The molecular formula is C23H25FN2O. The highest BCUT2D eigenvalue weighted by molar-refractivity contribution is 5.50. The fourth-order valence-electron chi connectivity index (χ4n) is 4.81. The first-order chi connectivity index (χ1) is 13.2. The second-order valence-corrected chi connectivity index (χ2v) is 8.24. The Morgan fingerprint density at radius 1 is 0.926 bits per heavy atom. The predicted molar refractivity (Wildman–Crippen MR) is 103 cm³/mol.